The summed E-state index contributed by atoms with van der Waals surface area (Å²) >= 11 is 0. The van der Waals surface area contributed by atoms with Crippen LogP contribution in [0.5, 0.6) is 0 Å². The summed E-state index contributed by atoms with van der Waals surface area (Å²) < 4.78 is 2.09. The van der Waals surface area contributed by atoms with E-state index in [0.29, 0.717) is 11.5 Å². The van der Waals surface area contributed by atoms with Gasteiger partial charge in [-0.25, -0.2) is 5.10 Å². The number of amides is 1. The van der Waals surface area contributed by atoms with Gasteiger partial charge >= 0.3 is 0 Å². The number of aromatic nitrogens is 4. The zero-order valence-electron chi connectivity index (χ0n) is 12.7. The SMILES string of the molecule is Cc1ccccc1-n1c(C)cc(C(=O)Nc2ncn[nH]2)c1C. The molecule has 0 saturated heterocycles. The Hall–Kier alpha value is -2.89. The summed E-state index contributed by atoms with van der Waals surface area (Å²) in [5, 5.41) is 9.04. The first-order valence-electron chi connectivity index (χ1n) is 6.99. The van der Waals surface area contributed by atoms with E-state index in [1.807, 2.05) is 38.1 Å². The topological polar surface area (TPSA) is 75.6 Å². The zero-order valence-corrected chi connectivity index (χ0v) is 12.7. The molecule has 0 aliphatic rings. The van der Waals surface area contributed by atoms with Crippen LogP contribution in [0, 0.1) is 20.8 Å². The summed E-state index contributed by atoms with van der Waals surface area (Å²) in [4.78, 5) is 16.3. The lowest BCUT2D eigenvalue weighted by Crippen LogP contribution is -2.14. The lowest BCUT2D eigenvalue weighted by Gasteiger charge is -2.12. The average molecular weight is 295 g/mol. The highest BCUT2D eigenvalue weighted by molar-refractivity contribution is 6.04. The molecular weight excluding hydrogens is 278 g/mol. The monoisotopic (exact) mass is 295 g/mol. The first kappa shape index (κ1) is 14.1. The number of benzene rings is 1. The minimum absolute atomic E-state index is 0.204. The maximum atomic E-state index is 12.4. The number of para-hydroxylation sites is 1. The van der Waals surface area contributed by atoms with Gasteiger partial charge in [0.2, 0.25) is 5.95 Å². The van der Waals surface area contributed by atoms with Gasteiger partial charge in [0.25, 0.3) is 5.91 Å². The molecule has 0 spiro atoms. The van der Waals surface area contributed by atoms with Crippen molar-refractivity contribution < 1.29 is 4.79 Å². The number of nitrogens with zero attached hydrogens (tertiary/aromatic N) is 3. The Morgan fingerprint density at radius 1 is 1.23 bits per heavy atom. The Labute approximate surface area is 128 Å². The van der Waals surface area contributed by atoms with Gasteiger partial charge in [0.05, 0.1) is 5.56 Å². The molecule has 0 unspecified atom stereocenters. The lowest BCUT2D eigenvalue weighted by atomic mass is 10.2. The second-order valence-electron chi connectivity index (χ2n) is 5.19. The van der Waals surface area contributed by atoms with E-state index in [1.165, 1.54) is 6.33 Å². The van der Waals surface area contributed by atoms with E-state index in [2.05, 4.69) is 38.1 Å². The predicted molar refractivity (Wildman–Crippen MR) is 84.3 cm³/mol. The summed E-state index contributed by atoms with van der Waals surface area (Å²) in [5.74, 6) is 0.135. The summed E-state index contributed by atoms with van der Waals surface area (Å²) in [6.45, 7) is 5.99. The van der Waals surface area contributed by atoms with Crippen LogP contribution < -0.4 is 5.32 Å². The number of carbonyl (C=O) groups excluding carboxylic acids is 1. The Morgan fingerprint density at radius 2 is 2.00 bits per heavy atom. The first-order chi connectivity index (χ1) is 10.6. The van der Waals surface area contributed by atoms with Gasteiger partial charge in [-0.1, -0.05) is 18.2 Å². The van der Waals surface area contributed by atoms with Crippen LogP contribution in [-0.2, 0) is 0 Å². The third-order valence-corrected chi connectivity index (χ3v) is 3.68. The quantitative estimate of drug-likeness (QED) is 0.780. The minimum Gasteiger partial charge on any atom is -0.317 e. The fraction of sp³-hybridized carbons (Fsp3) is 0.188. The summed E-state index contributed by atoms with van der Waals surface area (Å²) in [6.07, 6.45) is 1.35. The van der Waals surface area contributed by atoms with Crippen molar-refractivity contribution in [3.8, 4) is 5.69 Å². The molecule has 0 saturated carbocycles. The maximum absolute atomic E-state index is 12.4. The first-order valence-corrected chi connectivity index (χ1v) is 6.99. The van der Waals surface area contributed by atoms with E-state index in [-0.39, 0.29) is 5.91 Å². The molecule has 0 aliphatic carbocycles. The van der Waals surface area contributed by atoms with E-state index >= 15 is 0 Å². The van der Waals surface area contributed by atoms with Gasteiger partial charge in [0.1, 0.15) is 6.33 Å². The minimum atomic E-state index is -0.204. The number of nitrogens with one attached hydrogen (secondary N) is 2. The number of anilines is 1. The number of H-pyrrole nitrogens is 1. The Morgan fingerprint density at radius 3 is 2.68 bits per heavy atom. The Balaban J connectivity index is 2.00. The molecule has 0 atom stereocenters. The highest BCUT2D eigenvalue weighted by atomic mass is 16.1. The van der Waals surface area contributed by atoms with Gasteiger partial charge in [-0.05, 0) is 38.5 Å². The Kier molecular flexibility index (Phi) is 3.50. The highest BCUT2D eigenvalue weighted by Gasteiger charge is 2.18. The molecule has 22 heavy (non-hydrogen) atoms. The molecule has 3 aromatic rings. The standard InChI is InChI=1S/C16H17N5O/c1-10-6-4-5-7-14(10)21-11(2)8-13(12(21)3)15(22)19-16-17-9-18-20-16/h4-9H,1-3H3,(H2,17,18,19,20,22). The molecule has 0 aliphatic heterocycles. The van der Waals surface area contributed by atoms with Crippen LogP contribution >= 0.6 is 0 Å². The van der Waals surface area contributed by atoms with Crippen molar-refractivity contribution in [2.75, 3.05) is 5.32 Å². The van der Waals surface area contributed by atoms with Gasteiger partial charge < -0.3 is 4.57 Å². The largest absolute Gasteiger partial charge is 0.317 e. The molecule has 3 rings (SSSR count). The molecule has 2 aromatic heterocycles. The third kappa shape index (κ3) is 2.39. The lowest BCUT2D eigenvalue weighted by molar-refractivity contribution is 0.102. The van der Waals surface area contributed by atoms with Crippen LogP contribution in [0.3, 0.4) is 0 Å². The van der Waals surface area contributed by atoms with Gasteiger partial charge in [0.15, 0.2) is 0 Å². The molecule has 1 aromatic carbocycles. The average Bonchev–Trinajstić information content (AvgIpc) is 3.08. The van der Waals surface area contributed by atoms with E-state index in [9.17, 15) is 4.79 Å². The summed E-state index contributed by atoms with van der Waals surface area (Å²) in [7, 11) is 0. The molecule has 6 heteroatoms. The second-order valence-corrected chi connectivity index (χ2v) is 5.19. The fourth-order valence-corrected chi connectivity index (χ4v) is 2.62. The van der Waals surface area contributed by atoms with E-state index in [0.717, 1.165) is 22.6 Å². The van der Waals surface area contributed by atoms with Crippen LogP contribution in [0.4, 0.5) is 5.95 Å². The number of aromatic amines is 1. The van der Waals surface area contributed by atoms with Crippen molar-refractivity contribution in [2.45, 2.75) is 20.8 Å². The zero-order chi connectivity index (χ0) is 15.7. The maximum Gasteiger partial charge on any atom is 0.259 e. The van der Waals surface area contributed by atoms with Crippen molar-refractivity contribution in [2.24, 2.45) is 0 Å². The molecule has 0 fully saturated rings. The van der Waals surface area contributed by atoms with Crippen LogP contribution in [-0.4, -0.2) is 25.7 Å². The molecule has 2 heterocycles. The molecule has 112 valence electrons. The molecule has 0 bridgehead atoms. The third-order valence-electron chi connectivity index (χ3n) is 3.68. The summed E-state index contributed by atoms with van der Waals surface area (Å²) in [6, 6.07) is 9.99. The summed E-state index contributed by atoms with van der Waals surface area (Å²) in [5.41, 5.74) is 4.76. The Bertz CT molecular complexity index is 817. The van der Waals surface area contributed by atoms with Crippen LogP contribution in [0.25, 0.3) is 5.69 Å². The van der Waals surface area contributed by atoms with Crippen molar-refractivity contribution >= 4 is 11.9 Å². The van der Waals surface area contributed by atoms with Gasteiger partial charge in [-0.3, -0.25) is 10.1 Å². The molecular formula is C16H17N5O. The number of carbonyl (C=O) groups is 1. The predicted octanol–water partition coefficient (Wildman–Crippen LogP) is 2.77. The molecule has 2 N–H and O–H groups in total. The number of rotatable bonds is 3. The van der Waals surface area contributed by atoms with Crippen molar-refractivity contribution in [3.05, 3.63) is 59.2 Å². The van der Waals surface area contributed by atoms with E-state index in [1.54, 1.807) is 0 Å². The number of aryl methyl sites for hydroxylation is 2. The number of hydrogen-bond acceptors (Lipinski definition) is 3. The van der Waals surface area contributed by atoms with Crippen LogP contribution in [0.15, 0.2) is 36.7 Å². The van der Waals surface area contributed by atoms with Crippen molar-refractivity contribution in [3.63, 3.8) is 0 Å². The molecule has 1 amide bonds. The second kappa shape index (κ2) is 5.48. The highest BCUT2D eigenvalue weighted by Crippen LogP contribution is 2.23. The molecule has 0 radical (unpaired) electrons. The van der Waals surface area contributed by atoms with Gasteiger partial charge in [-0.2, -0.15) is 10.1 Å². The van der Waals surface area contributed by atoms with E-state index in [4.69, 9.17) is 0 Å². The van der Waals surface area contributed by atoms with Crippen molar-refractivity contribution in [1.29, 1.82) is 0 Å². The van der Waals surface area contributed by atoms with Crippen LogP contribution in [0.1, 0.15) is 27.3 Å². The smallest absolute Gasteiger partial charge is 0.259 e. The van der Waals surface area contributed by atoms with Crippen LogP contribution in [0.2, 0.25) is 0 Å². The molecule has 6 nitrogen and oxygen atoms in total. The fourth-order valence-electron chi connectivity index (χ4n) is 2.62. The van der Waals surface area contributed by atoms with Gasteiger partial charge in [0, 0.05) is 17.1 Å². The number of hydrogen-bond donors (Lipinski definition) is 2. The normalized spacial score (nSPS) is 10.7. The van der Waals surface area contributed by atoms with E-state index < -0.39 is 0 Å². The van der Waals surface area contributed by atoms with Gasteiger partial charge in [-0.15, -0.1) is 0 Å². The van der Waals surface area contributed by atoms with Crippen molar-refractivity contribution in [1.82, 2.24) is 19.7 Å².